The van der Waals surface area contributed by atoms with E-state index >= 15 is 0 Å². The largest absolute Gasteiger partial charge is 0.488 e. The number of hydrogen-bond acceptors (Lipinski definition) is 9. The third-order valence-corrected chi connectivity index (χ3v) is 6.61. The molecule has 10 nitrogen and oxygen atoms in total. The van der Waals surface area contributed by atoms with Crippen molar-refractivity contribution in [2.75, 3.05) is 31.5 Å². The van der Waals surface area contributed by atoms with Crippen molar-refractivity contribution in [3.63, 3.8) is 0 Å². The highest BCUT2D eigenvalue weighted by Gasteiger charge is 2.24. The van der Waals surface area contributed by atoms with Gasteiger partial charge in [0, 0.05) is 31.0 Å². The van der Waals surface area contributed by atoms with Gasteiger partial charge in [-0.25, -0.2) is 0 Å². The van der Waals surface area contributed by atoms with Crippen molar-refractivity contribution in [3.8, 4) is 5.75 Å². The number of benzene rings is 2. The summed E-state index contributed by atoms with van der Waals surface area (Å²) in [5.41, 5.74) is 2.55. The molecule has 38 heavy (non-hydrogen) atoms. The van der Waals surface area contributed by atoms with Crippen molar-refractivity contribution >= 4 is 29.3 Å². The molecule has 4 rings (SSSR count). The van der Waals surface area contributed by atoms with E-state index in [0.717, 1.165) is 25.7 Å². The molecule has 0 spiro atoms. The molecule has 0 radical (unpaired) electrons. The van der Waals surface area contributed by atoms with Gasteiger partial charge in [0.05, 0.1) is 13.7 Å². The van der Waals surface area contributed by atoms with E-state index in [9.17, 15) is 9.59 Å². The molecule has 3 aromatic rings. The zero-order chi connectivity index (χ0) is 26.9. The number of nitrogens with one attached hydrogen (secondary N) is 2. The van der Waals surface area contributed by atoms with Crippen LogP contribution in [0.5, 0.6) is 5.75 Å². The first-order valence-electron chi connectivity index (χ1n) is 12.8. The van der Waals surface area contributed by atoms with Crippen molar-refractivity contribution in [1.82, 2.24) is 10.2 Å². The smallest absolute Gasteiger partial charge is 0.320 e. The van der Waals surface area contributed by atoms with Gasteiger partial charge in [0.1, 0.15) is 11.9 Å². The van der Waals surface area contributed by atoms with Crippen molar-refractivity contribution < 1.29 is 28.2 Å². The lowest BCUT2D eigenvalue weighted by atomic mass is 9.77. The van der Waals surface area contributed by atoms with Gasteiger partial charge in [-0.3, -0.25) is 9.59 Å². The van der Waals surface area contributed by atoms with E-state index in [4.69, 9.17) is 18.6 Å². The maximum absolute atomic E-state index is 12.6. The average Bonchev–Trinajstić information content (AvgIpc) is 3.38. The number of ether oxygens (including phenoxy) is 3. The molecule has 2 aromatic carbocycles. The molecule has 10 heteroatoms. The van der Waals surface area contributed by atoms with E-state index < -0.39 is 5.91 Å². The fourth-order valence-corrected chi connectivity index (χ4v) is 4.68. The van der Waals surface area contributed by atoms with Gasteiger partial charge in [-0.05, 0) is 74.3 Å². The number of methoxy groups -OCH3 is 2. The second-order valence-electron chi connectivity index (χ2n) is 9.52. The normalized spacial score (nSPS) is 17.9. The highest BCUT2D eigenvalue weighted by Crippen LogP contribution is 2.37. The Kier molecular flexibility index (Phi) is 9.31. The summed E-state index contributed by atoms with van der Waals surface area (Å²) >= 11 is 0. The molecule has 0 unspecified atom stereocenters. The maximum atomic E-state index is 12.6. The molecule has 0 aliphatic heterocycles. The molecule has 1 heterocycles. The van der Waals surface area contributed by atoms with Gasteiger partial charge in [0.2, 0.25) is 0 Å². The fourth-order valence-electron chi connectivity index (χ4n) is 4.68. The van der Waals surface area contributed by atoms with Crippen LogP contribution in [0.25, 0.3) is 0 Å². The van der Waals surface area contributed by atoms with Gasteiger partial charge in [-0.1, -0.05) is 23.3 Å². The van der Waals surface area contributed by atoms with Crippen LogP contribution < -0.4 is 15.4 Å². The highest BCUT2D eigenvalue weighted by atomic mass is 16.5. The summed E-state index contributed by atoms with van der Waals surface area (Å²) in [5, 5.41) is 13.6. The quantitative estimate of drug-likeness (QED) is 0.322. The monoisotopic (exact) mass is 522 g/mol. The number of hydrogen-bond donors (Lipinski definition) is 2. The Bertz CT molecular complexity index is 1200. The van der Waals surface area contributed by atoms with Crippen molar-refractivity contribution in [1.29, 1.82) is 0 Å². The number of rotatable bonds is 11. The topological polar surface area (TPSA) is 125 Å². The summed E-state index contributed by atoms with van der Waals surface area (Å²) in [4.78, 5) is 24.2. The van der Waals surface area contributed by atoms with Gasteiger partial charge < -0.3 is 29.3 Å². The SMILES string of the molecule is COC[C@H](C)Oc1cccc(Nc2nnc(C(=O)Nc3ccc(C4CCC(CC(=O)OC)CC4)cc3)o2)c1. The van der Waals surface area contributed by atoms with Crippen LogP contribution in [0.15, 0.2) is 52.9 Å². The van der Waals surface area contributed by atoms with E-state index in [1.165, 1.54) is 12.7 Å². The summed E-state index contributed by atoms with van der Waals surface area (Å²) < 4.78 is 21.2. The minimum Gasteiger partial charge on any atom is -0.488 e. The number of amides is 1. The predicted molar refractivity (Wildman–Crippen MR) is 142 cm³/mol. The number of carbonyl (C=O) groups excluding carboxylic acids is 2. The van der Waals surface area contributed by atoms with Crippen LogP contribution in [0.1, 0.15) is 61.2 Å². The number of esters is 1. The van der Waals surface area contributed by atoms with E-state index in [2.05, 4.69) is 20.8 Å². The van der Waals surface area contributed by atoms with Crippen LogP contribution in [-0.2, 0) is 14.3 Å². The summed E-state index contributed by atoms with van der Waals surface area (Å²) in [7, 11) is 3.06. The zero-order valence-electron chi connectivity index (χ0n) is 21.9. The Morgan fingerprint density at radius 1 is 1.03 bits per heavy atom. The summed E-state index contributed by atoms with van der Waals surface area (Å²) in [6.07, 6.45) is 4.48. The molecule has 1 fully saturated rings. The molecule has 1 aliphatic carbocycles. The standard InChI is InChI=1S/C28H34N4O6/c1-18(17-35-2)37-24-6-4-5-23(16-24)30-28-32-31-27(38-28)26(34)29-22-13-11-21(12-14-22)20-9-7-19(8-10-20)15-25(33)36-3/h4-6,11-14,16,18-20H,7-10,15,17H2,1-3H3,(H,29,34)(H,30,32)/t18-,19?,20?/m0/s1. The van der Waals surface area contributed by atoms with Gasteiger partial charge in [-0.2, -0.15) is 0 Å². The molecule has 1 aromatic heterocycles. The fraction of sp³-hybridized carbons (Fsp3) is 0.429. The van der Waals surface area contributed by atoms with E-state index in [1.54, 1.807) is 13.2 Å². The first-order valence-corrected chi connectivity index (χ1v) is 12.8. The highest BCUT2D eigenvalue weighted by molar-refractivity contribution is 6.00. The molecule has 1 aliphatic rings. The summed E-state index contributed by atoms with van der Waals surface area (Å²) in [6.45, 7) is 2.39. The number of aromatic nitrogens is 2. The Morgan fingerprint density at radius 2 is 1.79 bits per heavy atom. The van der Waals surface area contributed by atoms with Crippen molar-refractivity contribution in [3.05, 3.63) is 60.0 Å². The lowest BCUT2D eigenvalue weighted by molar-refractivity contribution is -0.142. The van der Waals surface area contributed by atoms with Crippen LogP contribution >= 0.6 is 0 Å². The van der Waals surface area contributed by atoms with Gasteiger partial charge >= 0.3 is 23.8 Å². The summed E-state index contributed by atoms with van der Waals surface area (Å²) in [6, 6.07) is 15.2. The first-order chi connectivity index (χ1) is 18.4. The van der Waals surface area contributed by atoms with Crippen molar-refractivity contribution in [2.24, 2.45) is 5.92 Å². The van der Waals surface area contributed by atoms with E-state index in [-0.39, 0.29) is 24.0 Å². The lowest BCUT2D eigenvalue weighted by Gasteiger charge is -2.28. The molecule has 1 amide bonds. The Morgan fingerprint density at radius 3 is 2.50 bits per heavy atom. The van der Waals surface area contributed by atoms with Gasteiger partial charge in [-0.15, -0.1) is 5.10 Å². The number of nitrogens with zero attached hydrogens (tertiary/aromatic N) is 2. The third kappa shape index (κ3) is 7.55. The van der Waals surface area contributed by atoms with Crippen LogP contribution in [0.3, 0.4) is 0 Å². The minimum atomic E-state index is -0.493. The summed E-state index contributed by atoms with van der Waals surface area (Å²) in [5.74, 6) is 0.728. The maximum Gasteiger partial charge on any atom is 0.320 e. The van der Waals surface area contributed by atoms with Crippen LogP contribution in [0, 0.1) is 5.92 Å². The van der Waals surface area contributed by atoms with Gasteiger partial charge in [0.15, 0.2) is 0 Å². The molecule has 2 N–H and O–H groups in total. The number of anilines is 3. The Balaban J connectivity index is 1.28. The molecule has 1 saturated carbocycles. The average molecular weight is 523 g/mol. The van der Waals surface area contributed by atoms with Crippen LogP contribution in [-0.4, -0.2) is 49.0 Å². The molecule has 1 atom stereocenters. The van der Waals surface area contributed by atoms with Crippen LogP contribution in [0.4, 0.5) is 17.4 Å². The number of carbonyl (C=O) groups is 2. The van der Waals surface area contributed by atoms with E-state index in [1.807, 2.05) is 49.4 Å². The Hall–Kier alpha value is -3.92. The molecular formula is C28H34N4O6. The van der Waals surface area contributed by atoms with Gasteiger partial charge in [0.25, 0.3) is 0 Å². The first kappa shape index (κ1) is 27.1. The minimum absolute atomic E-state index is 0.0930. The lowest BCUT2D eigenvalue weighted by Crippen LogP contribution is -2.17. The predicted octanol–water partition coefficient (Wildman–Crippen LogP) is 5.32. The Labute approximate surface area is 222 Å². The second-order valence-corrected chi connectivity index (χ2v) is 9.52. The third-order valence-electron chi connectivity index (χ3n) is 6.61. The second kappa shape index (κ2) is 13.0. The zero-order valence-corrected chi connectivity index (χ0v) is 21.9. The molecule has 202 valence electrons. The van der Waals surface area contributed by atoms with Crippen LogP contribution in [0.2, 0.25) is 0 Å². The van der Waals surface area contributed by atoms with Crippen molar-refractivity contribution in [2.45, 2.75) is 51.0 Å². The molecule has 0 bridgehead atoms. The molecular weight excluding hydrogens is 488 g/mol. The van der Waals surface area contributed by atoms with E-state index in [0.29, 0.717) is 42.0 Å². The molecule has 0 saturated heterocycles.